The summed E-state index contributed by atoms with van der Waals surface area (Å²) in [7, 11) is -0.926. The summed E-state index contributed by atoms with van der Waals surface area (Å²) < 4.78 is 6.06. The van der Waals surface area contributed by atoms with Crippen LogP contribution in [0.1, 0.15) is 64.9 Å². The number of phenolic OH excluding ortho intramolecular Hbond substituents is 1. The molecule has 0 radical (unpaired) electrons. The van der Waals surface area contributed by atoms with Crippen LogP contribution in [-0.2, 0) is 14.2 Å². The molecule has 182 valence electrons. The summed E-state index contributed by atoms with van der Waals surface area (Å²) >= 11 is 0. The smallest absolute Gasteiger partial charge is 0.455 e. The monoisotopic (exact) mass is 465 g/mol. The van der Waals surface area contributed by atoms with E-state index in [1.165, 1.54) is 21.6 Å². The standard InChI is InChI=1S/C27H36BNO5/c1-4-6-19-15-21-25(27(32)29(13-5-2)26(21)31)22-16-28(33)34-23(24(19)22)12-7-17(3)14-18-8-10-20(30)11-9-18/h8-11,14,21-23,25,30,33H,4-7,12-13,15-16H2,1-3H3/b17-14+/t21-,22+,23-,25-/m1/s1. The minimum atomic E-state index is -0.926. The van der Waals surface area contributed by atoms with E-state index in [2.05, 4.69) is 19.9 Å². The highest BCUT2D eigenvalue weighted by molar-refractivity contribution is 6.43. The van der Waals surface area contributed by atoms with Crippen LogP contribution in [0, 0.1) is 17.8 Å². The van der Waals surface area contributed by atoms with Crippen LogP contribution >= 0.6 is 0 Å². The zero-order chi connectivity index (χ0) is 24.4. The van der Waals surface area contributed by atoms with E-state index >= 15 is 0 Å². The molecule has 2 fully saturated rings. The van der Waals surface area contributed by atoms with Crippen LogP contribution in [0.25, 0.3) is 6.08 Å². The number of imide groups is 1. The van der Waals surface area contributed by atoms with E-state index < -0.39 is 7.12 Å². The number of allylic oxidation sites excluding steroid dienone is 2. The molecule has 0 bridgehead atoms. The zero-order valence-corrected chi connectivity index (χ0v) is 20.5. The van der Waals surface area contributed by atoms with E-state index in [1.807, 2.05) is 19.1 Å². The summed E-state index contributed by atoms with van der Waals surface area (Å²) in [6.07, 6.45) is 6.98. The van der Waals surface area contributed by atoms with Crippen molar-refractivity contribution in [3.63, 3.8) is 0 Å². The average molecular weight is 465 g/mol. The molecule has 6 nitrogen and oxygen atoms in total. The Kier molecular flexibility index (Phi) is 7.63. The first-order valence-corrected chi connectivity index (χ1v) is 12.7. The Bertz CT molecular complexity index is 985. The summed E-state index contributed by atoms with van der Waals surface area (Å²) in [6, 6.07) is 7.10. The second-order valence-electron chi connectivity index (χ2n) is 10.0. The predicted octanol–water partition coefficient (Wildman–Crippen LogP) is 4.58. The number of amides is 2. The molecule has 2 saturated heterocycles. The van der Waals surface area contributed by atoms with E-state index in [4.69, 9.17) is 4.65 Å². The van der Waals surface area contributed by atoms with Crippen LogP contribution in [0.4, 0.5) is 0 Å². The van der Waals surface area contributed by atoms with Gasteiger partial charge in [-0.25, -0.2) is 0 Å². The van der Waals surface area contributed by atoms with Gasteiger partial charge in [0.15, 0.2) is 0 Å². The molecule has 0 saturated carbocycles. The molecule has 0 aromatic heterocycles. The number of benzene rings is 1. The fraction of sp³-hybridized carbons (Fsp3) is 0.556. The lowest BCUT2D eigenvalue weighted by atomic mass is 9.58. The number of fused-ring (bicyclic) bond motifs is 3. The molecule has 1 aliphatic carbocycles. The zero-order valence-electron chi connectivity index (χ0n) is 20.5. The lowest BCUT2D eigenvalue weighted by Crippen LogP contribution is -2.46. The molecule has 1 aromatic rings. The van der Waals surface area contributed by atoms with Crippen molar-refractivity contribution >= 4 is 25.0 Å². The van der Waals surface area contributed by atoms with Gasteiger partial charge in [0.2, 0.25) is 11.8 Å². The van der Waals surface area contributed by atoms with Crippen molar-refractivity contribution in [3.8, 4) is 5.75 Å². The number of phenols is 1. The van der Waals surface area contributed by atoms with Crippen molar-refractivity contribution in [2.24, 2.45) is 17.8 Å². The summed E-state index contributed by atoms with van der Waals surface area (Å²) in [4.78, 5) is 27.9. The highest BCUT2D eigenvalue weighted by Crippen LogP contribution is 2.51. The second-order valence-corrected chi connectivity index (χ2v) is 10.0. The summed E-state index contributed by atoms with van der Waals surface area (Å²) in [6.45, 7) is 6.66. The maximum absolute atomic E-state index is 13.3. The topological polar surface area (TPSA) is 87.1 Å². The Labute approximate surface area is 202 Å². The van der Waals surface area contributed by atoms with E-state index in [1.54, 1.807) is 12.1 Å². The number of carbonyl (C=O) groups excluding carboxylic acids is 2. The molecular weight excluding hydrogens is 429 g/mol. The second kappa shape index (κ2) is 10.5. The van der Waals surface area contributed by atoms with E-state index in [0.29, 0.717) is 25.7 Å². The number of carbonyl (C=O) groups is 2. The normalized spacial score (nSPS) is 27.4. The molecule has 7 heteroatoms. The number of nitrogens with zero attached hydrogens (tertiary/aromatic N) is 1. The maximum atomic E-state index is 13.3. The Morgan fingerprint density at radius 2 is 1.88 bits per heavy atom. The molecule has 2 aliphatic heterocycles. The Balaban J connectivity index is 1.59. The first kappa shape index (κ1) is 24.7. The fourth-order valence-corrected chi connectivity index (χ4v) is 6.10. The third-order valence-corrected chi connectivity index (χ3v) is 7.51. The van der Waals surface area contributed by atoms with Gasteiger partial charge < -0.3 is 14.8 Å². The van der Waals surface area contributed by atoms with Gasteiger partial charge in [0.25, 0.3) is 0 Å². The van der Waals surface area contributed by atoms with Crippen molar-refractivity contribution in [2.45, 2.75) is 71.7 Å². The molecule has 4 atom stereocenters. The fourth-order valence-electron chi connectivity index (χ4n) is 6.10. The van der Waals surface area contributed by atoms with Gasteiger partial charge in [-0.05, 0) is 74.5 Å². The molecule has 0 spiro atoms. The van der Waals surface area contributed by atoms with Crippen LogP contribution in [-0.4, -0.2) is 46.6 Å². The van der Waals surface area contributed by atoms with Crippen LogP contribution in [0.15, 0.2) is 41.0 Å². The lowest BCUT2D eigenvalue weighted by molar-refractivity contribution is -0.140. The van der Waals surface area contributed by atoms with E-state index in [9.17, 15) is 19.7 Å². The highest BCUT2D eigenvalue weighted by atomic mass is 16.5. The summed E-state index contributed by atoms with van der Waals surface area (Å²) in [5.41, 5.74) is 4.63. The SMILES string of the molecule is CCCC1=C2[C@@H](CC/C(C)=C/c3ccc(O)cc3)OB(O)C[C@@H]2[C@@H]2C(=O)N(CCC)C(=O)[C@@H]2C1. The number of hydrogen-bond donors (Lipinski definition) is 2. The average Bonchev–Trinajstić information content (AvgIpc) is 3.04. The number of likely N-dealkylation sites (tertiary alicyclic amines) is 1. The third-order valence-electron chi connectivity index (χ3n) is 7.51. The molecule has 4 rings (SSSR count). The number of hydrogen-bond acceptors (Lipinski definition) is 5. The first-order chi connectivity index (χ1) is 16.3. The van der Waals surface area contributed by atoms with Crippen LogP contribution in [0.2, 0.25) is 6.32 Å². The minimum absolute atomic E-state index is 0.0327. The van der Waals surface area contributed by atoms with Gasteiger partial charge in [0.05, 0.1) is 17.9 Å². The van der Waals surface area contributed by atoms with Gasteiger partial charge in [0, 0.05) is 6.54 Å². The summed E-state index contributed by atoms with van der Waals surface area (Å²) in [5, 5.41) is 20.1. The lowest BCUT2D eigenvalue weighted by Gasteiger charge is -2.43. The third kappa shape index (κ3) is 4.87. The molecular formula is C27H36BNO5. The molecule has 3 aliphatic rings. The van der Waals surface area contributed by atoms with Gasteiger partial charge in [-0.1, -0.05) is 49.6 Å². The largest absolute Gasteiger partial charge is 0.508 e. The van der Waals surface area contributed by atoms with Crippen LogP contribution < -0.4 is 0 Å². The molecule has 2 amide bonds. The van der Waals surface area contributed by atoms with E-state index in [0.717, 1.165) is 31.2 Å². The number of aromatic hydroxyl groups is 1. The van der Waals surface area contributed by atoms with Crippen molar-refractivity contribution in [1.29, 1.82) is 0 Å². The van der Waals surface area contributed by atoms with Gasteiger partial charge in [0.1, 0.15) is 5.75 Å². The first-order valence-electron chi connectivity index (χ1n) is 12.7. The molecule has 2 N–H and O–H groups in total. The minimum Gasteiger partial charge on any atom is -0.508 e. The van der Waals surface area contributed by atoms with Gasteiger partial charge in [-0.15, -0.1) is 0 Å². The van der Waals surface area contributed by atoms with Gasteiger partial charge >= 0.3 is 7.12 Å². The predicted molar refractivity (Wildman–Crippen MR) is 133 cm³/mol. The van der Waals surface area contributed by atoms with Crippen molar-refractivity contribution < 1.29 is 24.4 Å². The summed E-state index contributed by atoms with van der Waals surface area (Å²) in [5.74, 6) is -0.649. The van der Waals surface area contributed by atoms with Crippen LogP contribution in [0.5, 0.6) is 5.75 Å². The van der Waals surface area contributed by atoms with Crippen LogP contribution in [0.3, 0.4) is 0 Å². The van der Waals surface area contributed by atoms with E-state index in [-0.39, 0.29) is 41.4 Å². The quantitative estimate of drug-likeness (QED) is 0.333. The molecule has 34 heavy (non-hydrogen) atoms. The molecule has 2 heterocycles. The molecule has 1 aromatic carbocycles. The highest BCUT2D eigenvalue weighted by Gasteiger charge is 2.56. The Morgan fingerprint density at radius 3 is 2.56 bits per heavy atom. The van der Waals surface area contributed by atoms with Crippen molar-refractivity contribution in [1.82, 2.24) is 4.90 Å². The van der Waals surface area contributed by atoms with Gasteiger partial charge in [-0.2, -0.15) is 0 Å². The Morgan fingerprint density at radius 1 is 1.15 bits per heavy atom. The van der Waals surface area contributed by atoms with Gasteiger partial charge in [-0.3, -0.25) is 14.5 Å². The Hall–Kier alpha value is -2.38. The van der Waals surface area contributed by atoms with Crippen molar-refractivity contribution in [3.05, 3.63) is 46.5 Å². The molecule has 0 unspecified atom stereocenters. The maximum Gasteiger partial charge on any atom is 0.455 e. The number of rotatable bonds is 8. The van der Waals surface area contributed by atoms with Crippen molar-refractivity contribution in [2.75, 3.05) is 6.54 Å².